The Hall–Kier alpha value is -2.35. The molecule has 1 aromatic carbocycles. The standard InChI is InChI=1S/C19H21F3N2O3/c20-19(21,22)13-4-3-5-14(12-13)23-17(25)15-6-1-2-7-16(15)18(26)24-8-10-27-11-9-24/h1-5,12,15-16H,6-11H2,(H,23,25). The van der Waals surface area contributed by atoms with Crippen LogP contribution in [0.5, 0.6) is 0 Å². The summed E-state index contributed by atoms with van der Waals surface area (Å²) in [5, 5.41) is 2.54. The fraction of sp³-hybridized carbons (Fsp3) is 0.474. The number of amides is 2. The number of nitrogens with zero attached hydrogens (tertiary/aromatic N) is 1. The molecule has 1 aromatic rings. The van der Waals surface area contributed by atoms with Crippen molar-refractivity contribution >= 4 is 17.5 Å². The maximum Gasteiger partial charge on any atom is 0.416 e. The Kier molecular flexibility index (Phi) is 5.84. The Labute approximate surface area is 155 Å². The number of ether oxygens (including phenoxy) is 1. The van der Waals surface area contributed by atoms with Gasteiger partial charge in [0, 0.05) is 18.8 Å². The lowest BCUT2D eigenvalue weighted by Crippen LogP contribution is -2.47. The molecule has 8 heteroatoms. The maximum atomic E-state index is 12.9. The first-order valence-corrected chi connectivity index (χ1v) is 8.86. The zero-order chi connectivity index (χ0) is 19.4. The van der Waals surface area contributed by atoms with Gasteiger partial charge in [0.1, 0.15) is 0 Å². The smallest absolute Gasteiger partial charge is 0.378 e. The van der Waals surface area contributed by atoms with E-state index in [9.17, 15) is 22.8 Å². The van der Waals surface area contributed by atoms with Gasteiger partial charge >= 0.3 is 6.18 Å². The highest BCUT2D eigenvalue weighted by molar-refractivity contribution is 5.96. The van der Waals surface area contributed by atoms with E-state index in [1.807, 2.05) is 12.2 Å². The Morgan fingerprint density at radius 2 is 1.74 bits per heavy atom. The van der Waals surface area contributed by atoms with Crippen molar-refractivity contribution in [3.05, 3.63) is 42.0 Å². The average molecular weight is 382 g/mol. The van der Waals surface area contributed by atoms with E-state index >= 15 is 0 Å². The van der Waals surface area contributed by atoms with Crippen LogP contribution >= 0.6 is 0 Å². The highest BCUT2D eigenvalue weighted by Gasteiger charge is 2.37. The number of morpholine rings is 1. The molecule has 0 aromatic heterocycles. The van der Waals surface area contributed by atoms with Crippen LogP contribution in [-0.2, 0) is 20.5 Å². The Bertz CT molecular complexity index is 727. The minimum atomic E-state index is -4.48. The number of carbonyl (C=O) groups is 2. The highest BCUT2D eigenvalue weighted by atomic mass is 19.4. The summed E-state index contributed by atoms with van der Waals surface area (Å²) in [5.41, 5.74) is -0.758. The van der Waals surface area contributed by atoms with Gasteiger partial charge in [0.05, 0.1) is 30.6 Å². The second kappa shape index (κ2) is 8.12. The number of alkyl halides is 3. The first-order chi connectivity index (χ1) is 12.9. The monoisotopic (exact) mass is 382 g/mol. The minimum Gasteiger partial charge on any atom is -0.378 e. The van der Waals surface area contributed by atoms with Gasteiger partial charge < -0.3 is 15.0 Å². The van der Waals surface area contributed by atoms with E-state index in [0.717, 1.165) is 12.1 Å². The van der Waals surface area contributed by atoms with Crippen LogP contribution in [0.2, 0.25) is 0 Å². The molecule has 1 fully saturated rings. The molecular weight excluding hydrogens is 361 g/mol. The topological polar surface area (TPSA) is 58.6 Å². The molecule has 1 aliphatic heterocycles. The quantitative estimate of drug-likeness (QED) is 0.818. The Morgan fingerprint density at radius 3 is 2.41 bits per heavy atom. The molecule has 1 N–H and O–H groups in total. The predicted molar refractivity (Wildman–Crippen MR) is 92.8 cm³/mol. The number of rotatable bonds is 3. The molecule has 0 spiro atoms. The number of benzene rings is 1. The number of hydrogen-bond donors (Lipinski definition) is 1. The third-order valence-corrected chi connectivity index (χ3v) is 4.87. The van der Waals surface area contributed by atoms with E-state index in [2.05, 4.69) is 5.32 Å². The molecule has 2 aliphatic rings. The summed E-state index contributed by atoms with van der Waals surface area (Å²) in [6.45, 7) is 1.91. The largest absolute Gasteiger partial charge is 0.416 e. The summed E-state index contributed by atoms with van der Waals surface area (Å²) in [5.74, 6) is -1.67. The van der Waals surface area contributed by atoms with Crippen molar-refractivity contribution < 1.29 is 27.5 Å². The first-order valence-electron chi connectivity index (χ1n) is 8.86. The van der Waals surface area contributed by atoms with Crippen molar-refractivity contribution in [1.29, 1.82) is 0 Å². The van der Waals surface area contributed by atoms with Gasteiger partial charge in [-0.2, -0.15) is 13.2 Å². The van der Waals surface area contributed by atoms with Crippen LogP contribution in [0.15, 0.2) is 36.4 Å². The van der Waals surface area contributed by atoms with E-state index in [1.165, 1.54) is 12.1 Å². The molecule has 0 saturated carbocycles. The Morgan fingerprint density at radius 1 is 1.07 bits per heavy atom. The first kappa shape index (κ1) is 19.4. The van der Waals surface area contributed by atoms with Gasteiger partial charge in [-0.1, -0.05) is 18.2 Å². The van der Waals surface area contributed by atoms with Crippen molar-refractivity contribution in [2.24, 2.45) is 11.8 Å². The maximum absolute atomic E-state index is 12.9. The van der Waals surface area contributed by atoms with Crippen LogP contribution in [0.4, 0.5) is 18.9 Å². The lowest BCUT2D eigenvalue weighted by atomic mass is 9.81. The lowest BCUT2D eigenvalue weighted by molar-refractivity contribution is -0.144. The zero-order valence-electron chi connectivity index (χ0n) is 14.7. The van der Waals surface area contributed by atoms with E-state index < -0.39 is 29.5 Å². The third kappa shape index (κ3) is 4.68. The molecule has 1 saturated heterocycles. The summed E-state index contributed by atoms with van der Waals surface area (Å²) in [6.07, 6.45) is 0.0438. The summed E-state index contributed by atoms with van der Waals surface area (Å²) in [6, 6.07) is 4.50. The van der Waals surface area contributed by atoms with Crippen LogP contribution in [0, 0.1) is 11.8 Å². The number of carbonyl (C=O) groups excluding carboxylic acids is 2. The molecule has 5 nitrogen and oxygen atoms in total. The summed E-state index contributed by atoms with van der Waals surface area (Å²) in [4.78, 5) is 27.2. The van der Waals surface area contributed by atoms with Gasteiger partial charge in [-0.25, -0.2) is 0 Å². The number of nitrogens with one attached hydrogen (secondary N) is 1. The lowest BCUT2D eigenvalue weighted by Gasteiger charge is -2.34. The SMILES string of the molecule is O=C(Nc1cccc(C(F)(F)F)c1)C1CC=CCC1C(=O)N1CCOCC1. The third-order valence-electron chi connectivity index (χ3n) is 4.87. The normalized spacial score (nSPS) is 23.1. The molecule has 1 aliphatic carbocycles. The molecule has 1 heterocycles. The van der Waals surface area contributed by atoms with Gasteiger partial charge in [-0.3, -0.25) is 9.59 Å². The number of hydrogen-bond acceptors (Lipinski definition) is 3. The minimum absolute atomic E-state index is 0.0712. The molecule has 2 atom stereocenters. The zero-order valence-corrected chi connectivity index (χ0v) is 14.7. The molecule has 27 heavy (non-hydrogen) atoms. The number of anilines is 1. The number of allylic oxidation sites excluding steroid dienone is 2. The summed E-state index contributed by atoms with van der Waals surface area (Å²) >= 11 is 0. The molecule has 146 valence electrons. The van der Waals surface area contributed by atoms with Gasteiger partial charge in [0.25, 0.3) is 0 Å². The van der Waals surface area contributed by atoms with Crippen LogP contribution in [0.1, 0.15) is 18.4 Å². The van der Waals surface area contributed by atoms with Gasteiger partial charge in [-0.05, 0) is 31.0 Å². The van der Waals surface area contributed by atoms with Gasteiger partial charge in [0.15, 0.2) is 0 Å². The molecular formula is C19H21F3N2O3. The molecule has 0 radical (unpaired) electrons. The summed E-state index contributed by atoms with van der Waals surface area (Å²) < 4.78 is 43.8. The molecule has 0 bridgehead atoms. The highest BCUT2D eigenvalue weighted by Crippen LogP contribution is 2.32. The van der Waals surface area contributed by atoms with Crippen LogP contribution in [0.25, 0.3) is 0 Å². The summed E-state index contributed by atoms with van der Waals surface area (Å²) in [7, 11) is 0. The van der Waals surface area contributed by atoms with Crippen molar-refractivity contribution in [2.75, 3.05) is 31.6 Å². The van der Waals surface area contributed by atoms with E-state index in [4.69, 9.17) is 4.74 Å². The fourth-order valence-corrected chi connectivity index (χ4v) is 3.40. The van der Waals surface area contributed by atoms with E-state index in [-0.39, 0.29) is 11.6 Å². The van der Waals surface area contributed by atoms with Crippen molar-refractivity contribution in [1.82, 2.24) is 4.90 Å². The Balaban J connectivity index is 1.72. The van der Waals surface area contributed by atoms with Gasteiger partial charge in [-0.15, -0.1) is 0 Å². The van der Waals surface area contributed by atoms with Gasteiger partial charge in [0.2, 0.25) is 11.8 Å². The van der Waals surface area contributed by atoms with Crippen molar-refractivity contribution in [2.45, 2.75) is 19.0 Å². The van der Waals surface area contributed by atoms with Crippen molar-refractivity contribution in [3.63, 3.8) is 0 Å². The van der Waals surface area contributed by atoms with E-state index in [0.29, 0.717) is 39.1 Å². The van der Waals surface area contributed by atoms with Crippen LogP contribution < -0.4 is 5.32 Å². The second-order valence-electron chi connectivity index (χ2n) is 6.66. The average Bonchev–Trinajstić information content (AvgIpc) is 2.67. The van der Waals surface area contributed by atoms with Crippen LogP contribution in [0.3, 0.4) is 0 Å². The van der Waals surface area contributed by atoms with E-state index in [1.54, 1.807) is 4.90 Å². The van der Waals surface area contributed by atoms with Crippen molar-refractivity contribution in [3.8, 4) is 0 Å². The second-order valence-corrected chi connectivity index (χ2v) is 6.66. The molecule has 2 unspecified atom stereocenters. The fourth-order valence-electron chi connectivity index (χ4n) is 3.40. The molecule has 3 rings (SSSR count). The number of halogens is 3. The predicted octanol–water partition coefficient (Wildman–Crippen LogP) is 3.09. The van der Waals surface area contributed by atoms with Crippen LogP contribution in [-0.4, -0.2) is 43.0 Å². The molecule has 2 amide bonds.